The van der Waals surface area contributed by atoms with E-state index in [2.05, 4.69) is 21.1 Å². The fourth-order valence-electron chi connectivity index (χ4n) is 2.26. The molecule has 18 heavy (non-hydrogen) atoms. The summed E-state index contributed by atoms with van der Waals surface area (Å²) in [5, 5.41) is 1.09. The van der Waals surface area contributed by atoms with Gasteiger partial charge in [0.25, 0.3) is 0 Å². The minimum atomic E-state index is 0.521. The van der Waals surface area contributed by atoms with Crippen molar-refractivity contribution >= 4 is 22.4 Å². The third-order valence-electron chi connectivity index (χ3n) is 3.15. The van der Waals surface area contributed by atoms with Crippen molar-refractivity contribution in [1.82, 2.24) is 9.27 Å². The molecule has 0 spiro atoms. The Hall–Kier alpha value is -1.01. The Balaban J connectivity index is 2.00. The molecule has 2 rings (SSSR count). The molecule has 0 aromatic carbocycles. The van der Waals surface area contributed by atoms with Crippen LogP contribution in [0.5, 0.6) is 5.75 Å². The van der Waals surface area contributed by atoms with Crippen molar-refractivity contribution in [2.45, 2.75) is 20.3 Å². The second kappa shape index (κ2) is 6.24. The van der Waals surface area contributed by atoms with E-state index in [0.717, 1.165) is 36.9 Å². The molecular formula is C12H22N4OS. The van der Waals surface area contributed by atoms with Gasteiger partial charge in [-0.3, -0.25) is 4.90 Å². The predicted molar refractivity (Wildman–Crippen MR) is 76.6 cm³/mol. The van der Waals surface area contributed by atoms with Gasteiger partial charge < -0.3 is 15.4 Å². The summed E-state index contributed by atoms with van der Waals surface area (Å²) >= 11 is 1.44. The van der Waals surface area contributed by atoms with Crippen LogP contribution in [0, 0.1) is 0 Å². The van der Waals surface area contributed by atoms with E-state index in [0.29, 0.717) is 12.4 Å². The highest BCUT2D eigenvalue weighted by atomic mass is 32.1. The molecule has 0 bridgehead atoms. The molecule has 1 aromatic heterocycles. The first-order valence-corrected chi connectivity index (χ1v) is 7.38. The summed E-state index contributed by atoms with van der Waals surface area (Å²) in [4.78, 5) is 4.84. The highest BCUT2D eigenvalue weighted by Crippen LogP contribution is 2.38. The molecule has 1 aromatic rings. The number of nitrogens with zero attached hydrogens (tertiary/aromatic N) is 3. The lowest BCUT2D eigenvalue weighted by Crippen LogP contribution is -2.46. The summed E-state index contributed by atoms with van der Waals surface area (Å²) in [5.41, 5.74) is 5.85. The number of hydrogen-bond donors (Lipinski definition) is 1. The minimum absolute atomic E-state index is 0.521. The number of ether oxygens (including phenoxy) is 1. The molecule has 1 fully saturated rings. The molecule has 0 atom stereocenters. The molecule has 2 heterocycles. The Morgan fingerprint density at radius 2 is 2.00 bits per heavy atom. The molecule has 0 aliphatic carbocycles. The molecule has 1 aliphatic heterocycles. The molecule has 5 nitrogen and oxygen atoms in total. The standard InChI is InChI=1S/C12H22N4OS/c1-3-5-15-6-8-16(9-7-15)12-10(17-4-2)11(13)14-18-12/h3-9H2,1-2H3,(H2,13,14). The van der Waals surface area contributed by atoms with Crippen molar-refractivity contribution in [2.24, 2.45) is 0 Å². The number of piperazine rings is 1. The van der Waals surface area contributed by atoms with Crippen LogP contribution in [0.3, 0.4) is 0 Å². The highest BCUT2D eigenvalue weighted by molar-refractivity contribution is 7.11. The Morgan fingerprint density at radius 1 is 1.28 bits per heavy atom. The van der Waals surface area contributed by atoms with Gasteiger partial charge in [-0.05, 0) is 31.4 Å². The molecule has 1 saturated heterocycles. The number of aromatic nitrogens is 1. The second-order valence-corrected chi connectivity index (χ2v) is 5.22. The van der Waals surface area contributed by atoms with Crippen molar-refractivity contribution in [2.75, 3.05) is 50.0 Å². The van der Waals surface area contributed by atoms with Gasteiger partial charge in [-0.2, -0.15) is 4.37 Å². The van der Waals surface area contributed by atoms with Crippen LogP contribution in [0.2, 0.25) is 0 Å². The van der Waals surface area contributed by atoms with E-state index >= 15 is 0 Å². The first kappa shape index (κ1) is 13.4. The van der Waals surface area contributed by atoms with Gasteiger partial charge in [0.05, 0.1) is 6.61 Å². The molecular weight excluding hydrogens is 248 g/mol. The lowest BCUT2D eigenvalue weighted by molar-refractivity contribution is 0.257. The van der Waals surface area contributed by atoms with Crippen LogP contribution in [-0.4, -0.2) is 48.6 Å². The van der Waals surface area contributed by atoms with Gasteiger partial charge in [0.2, 0.25) is 0 Å². The second-order valence-electron chi connectivity index (χ2n) is 4.46. The highest BCUT2D eigenvalue weighted by Gasteiger charge is 2.23. The van der Waals surface area contributed by atoms with Crippen LogP contribution in [0.4, 0.5) is 10.8 Å². The lowest BCUT2D eigenvalue weighted by Gasteiger charge is -2.35. The molecule has 6 heteroatoms. The molecule has 0 saturated carbocycles. The van der Waals surface area contributed by atoms with Gasteiger partial charge >= 0.3 is 0 Å². The van der Waals surface area contributed by atoms with E-state index in [9.17, 15) is 0 Å². The maximum atomic E-state index is 5.85. The third kappa shape index (κ3) is 2.87. The number of anilines is 2. The normalized spacial score (nSPS) is 17.1. The van der Waals surface area contributed by atoms with Crippen molar-refractivity contribution in [3.05, 3.63) is 0 Å². The molecule has 102 valence electrons. The van der Waals surface area contributed by atoms with Crippen LogP contribution < -0.4 is 15.4 Å². The van der Waals surface area contributed by atoms with Crippen molar-refractivity contribution < 1.29 is 4.74 Å². The topological polar surface area (TPSA) is 54.6 Å². The number of nitrogen functional groups attached to an aromatic ring is 1. The van der Waals surface area contributed by atoms with Gasteiger partial charge in [0.15, 0.2) is 16.6 Å². The van der Waals surface area contributed by atoms with E-state index in [4.69, 9.17) is 10.5 Å². The average Bonchev–Trinajstić information content (AvgIpc) is 2.73. The third-order valence-corrected chi connectivity index (χ3v) is 4.05. The number of hydrogen-bond acceptors (Lipinski definition) is 6. The van der Waals surface area contributed by atoms with Crippen LogP contribution in [0.25, 0.3) is 0 Å². The SMILES string of the molecule is CCCN1CCN(c2snc(N)c2OCC)CC1. The van der Waals surface area contributed by atoms with Crippen LogP contribution in [0.15, 0.2) is 0 Å². The maximum absolute atomic E-state index is 5.85. The smallest absolute Gasteiger partial charge is 0.197 e. The minimum Gasteiger partial charge on any atom is -0.487 e. The monoisotopic (exact) mass is 270 g/mol. The van der Waals surface area contributed by atoms with Gasteiger partial charge in [0.1, 0.15) is 0 Å². The molecule has 0 radical (unpaired) electrons. The average molecular weight is 270 g/mol. The summed E-state index contributed by atoms with van der Waals surface area (Å²) in [6, 6.07) is 0. The zero-order valence-electron chi connectivity index (χ0n) is 11.2. The summed E-state index contributed by atoms with van der Waals surface area (Å²) < 4.78 is 9.81. The number of nitrogens with two attached hydrogens (primary N) is 1. The summed E-state index contributed by atoms with van der Waals surface area (Å²) in [6.45, 7) is 10.3. The molecule has 1 aliphatic rings. The predicted octanol–water partition coefficient (Wildman–Crippen LogP) is 1.66. The number of rotatable bonds is 5. The van der Waals surface area contributed by atoms with Gasteiger partial charge in [-0.25, -0.2) is 0 Å². The molecule has 0 unspecified atom stereocenters. The zero-order valence-corrected chi connectivity index (χ0v) is 12.0. The van der Waals surface area contributed by atoms with Crippen LogP contribution in [0.1, 0.15) is 20.3 Å². The first-order chi connectivity index (χ1) is 8.76. The quantitative estimate of drug-likeness (QED) is 0.882. The fourth-order valence-corrected chi connectivity index (χ4v) is 3.07. The maximum Gasteiger partial charge on any atom is 0.197 e. The van der Waals surface area contributed by atoms with E-state index in [1.54, 1.807) is 0 Å². The van der Waals surface area contributed by atoms with E-state index in [1.165, 1.54) is 24.5 Å². The van der Waals surface area contributed by atoms with E-state index < -0.39 is 0 Å². The first-order valence-electron chi connectivity index (χ1n) is 6.61. The summed E-state index contributed by atoms with van der Waals surface area (Å²) in [5.74, 6) is 1.29. The van der Waals surface area contributed by atoms with Crippen LogP contribution in [-0.2, 0) is 0 Å². The Labute approximate surface area is 113 Å². The Morgan fingerprint density at radius 3 is 2.61 bits per heavy atom. The van der Waals surface area contributed by atoms with Gasteiger partial charge in [0, 0.05) is 26.2 Å². The van der Waals surface area contributed by atoms with Crippen molar-refractivity contribution in [3.63, 3.8) is 0 Å². The summed E-state index contributed by atoms with van der Waals surface area (Å²) in [6.07, 6.45) is 1.22. The fraction of sp³-hybridized carbons (Fsp3) is 0.750. The largest absolute Gasteiger partial charge is 0.487 e. The van der Waals surface area contributed by atoms with Crippen LogP contribution >= 0.6 is 11.5 Å². The molecule has 2 N–H and O–H groups in total. The zero-order chi connectivity index (χ0) is 13.0. The van der Waals surface area contributed by atoms with Gasteiger partial charge in [-0.15, -0.1) is 0 Å². The molecule has 0 amide bonds. The van der Waals surface area contributed by atoms with E-state index in [1.807, 2.05) is 6.92 Å². The Bertz CT molecular complexity index is 374. The van der Waals surface area contributed by atoms with Gasteiger partial charge in [-0.1, -0.05) is 6.92 Å². The summed E-state index contributed by atoms with van der Waals surface area (Å²) in [7, 11) is 0. The van der Waals surface area contributed by atoms with Crippen molar-refractivity contribution in [3.8, 4) is 5.75 Å². The lowest BCUT2D eigenvalue weighted by atomic mass is 10.3. The Kier molecular flexibility index (Phi) is 4.66. The van der Waals surface area contributed by atoms with E-state index in [-0.39, 0.29) is 0 Å². The van der Waals surface area contributed by atoms with Crippen molar-refractivity contribution in [1.29, 1.82) is 0 Å².